The zero-order valence-corrected chi connectivity index (χ0v) is 20.2. The highest BCUT2D eigenvalue weighted by Crippen LogP contribution is 2.29. The lowest BCUT2D eigenvalue weighted by Gasteiger charge is -2.21. The molecule has 1 aliphatic heterocycles. The van der Waals surface area contributed by atoms with Gasteiger partial charge in [-0.05, 0) is 24.3 Å². The standard InChI is InChI=1S/C22H16F3N3O3S.C2HF3O2/c23-22(24,25)19(29)17-9-10-18(32-17)20(30)26-11-12-28-16-8-4-3-7-15(16)27-14-6-2-1-5-13(14)21(28)31;3-2(4,5)1(6)7/h1-10,27H,11-12H2,(H,26,30);(H,6,7). The topological polar surface area (TPSA) is 123 Å². The first-order valence-electron chi connectivity index (χ1n) is 10.8. The van der Waals surface area contributed by atoms with Crippen LogP contribution >= 0.6 is 11.3 Å². The molecule has 2 heterocycles. The normalized spacial score (nSPS) is 12.9. The lowest BCUT2D eigenvalue weighted by atomic mass is 10.1. The maximum Gasteiger partial charge on any atom is 0.455 e. The second-order valence-corrected chi connectivity index (χ2v) is 8.86. The molecule has 0 bridgehead atoms. The lowest BCUT2D eigenvalue weighted by molar-refractivity contribution is -0.477. The number of fused-ring (bicyclic) bond motifs is 2. The number of quaternary nitrogens is 1. The van der Waals surface area contributed by atoms with Crippen LogP contribution in [0, 0.1) is 0 Å². The molecule has 8 nitrogen and oxygen atoms in total. The molecule has 39 heavy (non-hydrogen) atoms. The van der Waals surface area contributed by atoms with Gasteiger partial charge in [0.15, 0.2) is 5.69 Å². The average molecular weight is 573 g/mol. The van der Waals surface area contributed by atoms with Crippen molar-refractivity contribution in [2.45, 2.75) is 12.4 Å². The quantitative estimate of drug-likeness (QED) is 0.276. The van der Waals surface area contributed by atoms with Crippen LogP contribution in [0.3, 0.4) is 0 Å². The predicted molar refractivity (Wildman–Crippen MR) is 124 cm³/mol. The monoisotopic (exact) mass is 573 g/mol. The number of carbonyl (C=O) groups is 4. The number of Topliss-reactive ketones (excluding diaryl/α,β-unsaturated/α-hetero) is 1. The maximum absolute atomic E-state index is 13.2. The number of halogens is 6. The van der Waals surface area contributed by atoms with E-state index in [9.17, 15) is 40.7 Å². The van der Waals surface area contributed by atoms with Crippen molar-refractivity contribution in [2.24, 2.45) is 0 Å². The molecule has 3 N–H and O–H groups in total. The van der Waals surface area contributed by atoms with Crippen LogP contribution < -0.4 is 20.6 Å². The van der Waals surface area contributed by atoms with Crippen LogP contribution in [0.1, 0.15) is 29.7 Å². The number of alkyl halides is 6. The van der Waals surface area contributed by atoms with Gasteiger partial charge >= 0.3 is 12.4 Å². The van der Waals surface area contributed by atoms with Gasteiger partial charge in [0.05, 0.1) is 9.75 Å². The number of hydrogen-bond donors (Lipinski definition) is 2. The first-order chi connectivity index (χ1) is 18.2. The van der Waals surface area contributed by atoms with Gasteiger partial charge in [-0.3, -0.25) is 19.7 Å². The summed E-state index contributed by atoms with van der Waals surface area (Å²) < 4.78 is 69.2. The molecule has 2 amide bonds. The number of hydrogen-bond acceptors (Lipinski definition) is 6. The number of thiophene rings is 1. The fraction of sp³-hybridized carbons (Fsp3) is 0.167. The Morgan fingerprint density at radius 1 is 0.846 bits per heavy atom. The summed E-state index contributed by atoms with van der Waals surface area (Å²) in [5.74, 6) is -5.82. The number of carboxylic acids is 1. The maximum atomic E-state index is 13.2. The number of nitrogens with zero attached hydrogens (tertiary/aromatic N) is 1. The van der Waals surface area contributed by atoms with Crippen LogP contribution in [0.5, 0.6) is 0 Å². The lowest BCUT2D eigenvalue weighted by Crippen LogP contribution is -2.71. The number of carbonyl (C=O) groups excluding carboxylic acids is 4. The first kappa shape index (κ1) is 29.3. The number of benzene rings is 2. The van der Waals surface area contributed by atoms with E-state index in [1.807, 2.05) is 41.7 Å². The average Bonchev–Trinajstić information content (AvgIpc) is 3.32. The van der Waals surface area contributed by atoms with Gasteiger partial charge in [-0.1, -0.05) is 24.3 Å². The van der Waals surface area contributed by atoms with Crippen LogP contribution in [0.2, 0.25) is 0 Å². The summed E-state index contributed by atoms with van der Waals surface area (Å²) >= 11 is 0.478. The van der Waals surface area contributed by atoms with E-state index in [4.69, 9.17) is 9.90 Å². The highest BCUT2D eigenvalue weighted by molar-refractivity contribution is 7.16. The SMILES string of the molecule is O=C(NCCN1C(=O)c2ccccc2[NH2+]c2ccccc21)c1ccc(C(=O)C(F)(F)F)s1.O=C([O-])C(F)(F)F. The van der Waals surface area contributed by atoms with E-state index in [0.717, 1.165) is 17.4 Å². The molecule has 0 radical (unpaired) electrons. The molecule has 2 aromatic carbocycles. The summed E-state index contributed by atoms with van der Waals surface area (Å²) in [6.07, 6.45) is -10.2. The molecule has 0 saturated carbocycles. The van der Waals surface area contributed by atoms with Gasteiger partial charge in [-0.2, -0.15) is 26.3 Å². The summed E-state index contributed by atoms with van der Waals surface area (Å²) in [5.41, 5.74) is 2.86. The third-order valence-corrected chi connectivity index (χ3v) is 6.22. The minimum atomic E-state index is -5.19. The van der Waals surface area contributed by atoms with Gasteiger partial charge in [0.25, 0.3) is 17.6 Å². The summed E-state index contributed by atoms with van der Waals surface area (Å²) in [6, 6.07) is 16.7. The second-order valence-electron chi connectivity index (χ2n) is 7.78. The van der Waals surface area contributed by atoms with Crippen LogP contribution in [0.25, 0.3) is 0 Å². The van der Waals surface area contributed by atoms with Crippen molar-refractivity contribution < 1.29 is 55.9 Å². The Morgan fingerprint density at radius 3 is 2.03 bits per heavy atom. The fourth-order valence-corrected chi connectivity index (χ4v) is 4.29. The molecule has 206 valence electrons. The van der Waals surface area contributed by atoms with Crippen molar-refractivity contribution in [2.75, 3.05) is 18.0 Å². The zero-order chi connectivity index (χ0) is 29.0. The minimum Gasteiger partial charge on any atom is -0.542 e. The molecule has 4 rings (SSSR count). The molecule has 1 aliphatic rings. The molecular weight excluding hydrogens is 556 g/mol. The Bertz CT molecular complexity index is 1400. The Balaban J connectivity index is 0.000000532. The third kappa shape index (κ3) is 7.20. The smallest absolute Gasteiger partial charge is 0.455 e. The van der Waals surface area contributed by atoms with Crippen LogP contribution in [-0.2, 0) is 4.79 Å². The fourth-order valence-electron chi connectivity index (χ4n) is 3.41. The number of para-hydroxylation sites is 3. The summed E-state index contributed by atoms with van der Waals surface area (Å²) in [6.45, 7) is 0.227. The summed E-state index contributed by atoms with van der Waals surface area (Å²) in [5, 5.41) is 13.3. The number of nitrogens with one attached hydrogen (secondary N) is 1. The molecular formula is C24H17F6N3O5S. The zero-order valence-electron chi connectivity index (χ0n) is 19.4. The van der Waals surface area contributed by atoms with Gasteiger partial charge < -0.3 is 20.1 Å². The second kappa shape index (κ2) is 11.7. The van der Waals surface area contributed by atoms with Crippen molar-refractivity contribution in [3.05, 3.63) is 76.0 Å². The molecule has 0 fully saturated rings. The van der Waals surface area contributed by atoms with Crippen LogP contribution in [0.15, 0.2) is 60.7 Å². The number of carboxylic acid groups (broad SMARTS) is 1. The largest absolute Gasteiger partial charge is 0.542 e. The van der Waals surface area contributed by atoms with E-state index in [2.05, 4.69) is 5.32 Å². The molecule has 1 aromatic heterocycles. The highest BCUT2D eigenvalue weighted by atomic mass is 32.1. The molecule has 0 atom stereocenters. The predicted octanol–water partition coefficient (Wildman–Crippen LogP) is 2.71. The van der Waals surface area contributed by atoms with Gasteiger partial charge in [-0.15, -0.1) is 11.3 Å². The van der Waals surface area contributed by atoms with Crippen molar-refractivity contribution in [3.63, 3.8) is 0 Å². The molecule has 0 aliphatic carbocycles. The molecule has 0 saturated heterocycles. The van der Waals surface area contributed by atoms with Gasteiger partial charge in [-0.25, -0.2) is 0 Å². The molecule has 0 spiro atoms. The number of nitrogens with two attached hydrogens (primary N) is 1. The Hall–Kier alpha value is -4.24. The third-order valence-electron chi connectivity index (χ3n) is 5.14. The number of ketones is 1. The van der Waals surface area contributed by atoms with Crippen LogP contribution in [0.4, 0.5) is 43.4 Å². The van der Waals surface area contributed by atoms with E-state index in [1.165, 1.54) is 6.07 Å². The van der Waals surface area contributed by atoms with E-state index in [-0.39, 0.29) is 23.9 Å². The van der Waals surface area contributed by atoms with Crippen molar-refractivity contribution >= 4 is 52.0 Å². The van der Waals surface area contributed by atoms with E-state index in [1.54, 1.807) is 17.0 Å². The van der Waals surface area contributed by atoms with E-state index >= 15 is 0 Å². The number of rotatable bonds is 5. The van der Waals surface area contributed by atoms with Crippen molar-refractivity contribution in [1.82, 2.24) is 5.32 Å². The van der Waals surface area contributed by atoms with Gasteiger partial charge in [0, 0.05) is 25.2 Å². The molecule has 0 unspecified atom stereocenters. The summed E-state index contributed by atoms with van der Waals surface area (Å²) in [4.78, 5) is 46.6. The summed E-state index contributed by atoms with van der Waals surface area (Å²) in [7, 11) is 0. The Labute approximate surface area is 219 Å². The first-order valence-corrected chi connectivity index (χ1v) is 11.6. The number of anilines is 1. The van der Waals surface area contributed by atoms with Crippen LogP contribution in [-0.4, -0.2) is 49.0 Å². The molecule has 15 heteroatoms. The minimum absolute atomic E-state index is 0.0149. The molecule has 3 aromatic rings. The highest BCUT2D eigenvalue weighted by Gasteiger charge is 2.40. The Morgan fingerprint density at radius 2 is 1.41 bits per heavy atom. The van der Waals surface area contributed by atoms with Crippen molar-refractivity contribution in [1.29, 1.82) is 0 Å². The van der Waals surface area contributed by atoms with E-state index < -0.39 is 34.9 Å². The number of amides is 2. The number of aliphatic carboxylic acids is 1. The van der Waals surface area contributed by atoms with Gasteiger partial charge in [0.2, 0.25) is 0 Å². The van der Waals surface area contributed by atoms with Gasteiger partial charge in [0.1, 0.15) is 22.9 Å². The Kier molecular flexibility index (Phi) is 8.76. The van der Waals surface area contributed by atoms with Crippen molar-refractivity contribution in [3.8, 4) is 0 Å². The van der Waals surface area contributed by atoms with E-state index in [0.29, 0.717) is 22.6 Å².